The lowest BCUT2D eigenvalue weighted by atomic mass is 9.75. The summed E-state index contributed by atoms with van der Waals surface area (Å²) in [6, 6.07) is 0. The van der Waals surface area contributed by atoms with Gasteiger partial charge in [0.1, 0.15) is 0 Å². The Hall–Kier alpha value is -0.120. The van der Waals surface area contributed by atoms with Crippen LogP contribution in [0.25, 0.3) is 0 Å². The number of nitrogens with two attached hydrogens (primary N) is 1. The highest BCUT2D eigenvalue weighted by molar-refractivity contribution is 4.95. The van der Waals surface area contributed by atoms with E-state index in [1.54, 1.807) is 0 Å². The normalized spacial score (nSPS) is 28.8. The molecule has 0 aromatic carbocycles. The Balaban J connectivity index is 2.53. The van der Waals surface area contributed by atoms with Crippen LogP contribution >= 0.6 is 0 Å². The molecule has 0 aliphatic heterocycles. The maximum absolute atomic E-state index is 8.84. The maximum Gasteiger partial charge on any atom is 0.0431 e. The van der Waals surface area contributed by atoms with Crippen LogP contribution in [0.2, 0.25) is 0 Å². The topological polar surface area (TPSA) is 49.5 Å². The molecule has 1 aliphatic carbocycles. The molecular weight excluding hydrogens is 224 g/mol. The summed E-state index contributed by atoms with van der Waals surface area (Å²) in [5.41, 5.74) is 6.38. The first-order valence-corrected chi connectivity index (χ1v) is 7.74. The lowest BCUT2D eigenvalue weighted by molar-refractivity contribution is 0.0416. The number of aliphatic hydroxyl groups is 1. The first kappa shape index (κ1) is 15.9. The van der Waals surface area contributed by atoms with Crippen molar-refractivity contribution in [1.82, 2.24) is 4.90 Å². The zero-order valence-corrected chi connectivity index (χ0v) is 12.3. The summed E-state index contributed by atoms with van der Waals surface area (Å²) in [6.07, 6.45) is 8.46. The van der Waals surface area contributed by atoms with E-state index in [-0.39, 0.29) is 5.54 Å². The van der Waals surface area contributed by atoms with Gasteiger partial charge in [0.2, 0.25) is 0 Å². The van der Waals surface area contributed by atoms with Gasteiger partial charge in [0.15, 0.2) is 0 Å². The molecule has 3 heteroatoms. The fraction of sp³-hybridized carbons (Fsp3) is 1.00. The molecule has 1 saturated carbocycles. The summed E-state index contributed by atoms with van der Waals surface area (Å²) >= 11 is 0. The fourth-order valence-electron chi connectivity index (χ4n) is 3.56. The molecule has 108 valence electrons. The lowest BCUT2D eigenvalue weighted by Crippen LogP contribution is -2.56. The number of likely N-dealkylation sites (N-methyl/N-ethyl adjacent to an activating group) is 1. The van der Waals surface area contributed by atoms with Gasteiger partial charge in [-0.3, -0.25) is 4.90 Å². The summed E-state index contributed by atoms with van der Waals surface area (Å²) in [6.45, 7) is 7.98. The molecule has 3 N–H and O–H groups in total. The van der Waals surface area contributed by atoms with Crippen LogP contribution in [0.5, 0.6) is 0 Å². The van der Waals surface area contributed by atoms with E-state index in [0.717, 1.165) is 38.4 Å². The summed E-state index contributed by atoms with van der Waals surface area (Å²) in [5, 5.41) is 8.84. The monoisotopic (exact) mass is 256 g/mol. The van der Waals surface area contributed by atoms with Crippen molar-refractivity contribution >= 4 is 0 Å². The molecular formula is C15H32N2O. The van der Waals surface area contributed by atoms with Gasteiger partial charge in [-0.15, -0.1) is 0 Å². The Bertz CT molecular complexity index is 223. The van der Waals surface area contributed by atoms with E-state index in [1.807, 2.05) is 0 Å². The maximum atomic E-state index is 8.84. The van der Waals surface area contributed by atoms with Gasteiger partial charge in [0.25, 0.3) is 0 Å². The van der Waals surface area contributed by atoms with Crippen LogP contribution in [0.4, 0.5) is 0 Å². The molecule has 0 aromatic heterocycles. The molecule has 0 amide bonds. The summed E-state index contributed by atoms with van der Waals surface area (Å²) < 4.78 is 0. The lowest BCUT2D eigenvalue weighted by Gasteiger charge is -2.47. The highest BCUT2D eigenvalue weighted by Gasteiger charge is 2.37. The van der Waals surface area contributed by atoms with Crippen molar-refractivity contribution in [2.45, 2.75) is 64.3 Å². The zero-order valence-electron chi connectivity index (χ0n) is 12.3. The molecule has 1 rings (SSSR count). The predicted octanol–water partition coefficient (Wildman–Crippen LogP) is 2.38. The molecule has 0 radical (unpaired) electrons. The highest BCUT2D eigenvalue weighted by Crippen LogP contribution is 2.36. The highest BCUT2D eigenvalue weighted by atomic mass is 16.2. The Labute approximate surface area is 113 Å². The van der Waals surface area contributed by atoms with Crippen LogP contribution < -0.4 is 5.73 Å². The molecule has 3 nitrogen and oxygen atoms in total. The van der Waals surface area contributed by atoms with Crippen molar-refractivity contribution in [2.24, 2.45) is 11.7 Å². The van der Waals surface area contributed by atoms with Gasteiger partial charge in [-0.1, -0.05) is 26.7 Å². The number of hydrogen-bond donors (Lipinski definition) is 2. The molecule has 18 heavy (non-hydrogen) atoms. The number of nitrogens with zero attached hydrogens (tertiary/aromatic N) is 1. The summed E-state index contributed by atoms with van der Waals surface area (Å²) in [7, 11) is 0. The third-order valence-electron chi connectivity index (χ3n) is 4.59. The number of rotatable bonds is 8. The molecule has 0 heterocycles. The molecule has 1 aliphatic rings. The Kier molecular flexibility index (Phi) is 7.20. The Morgan fingerprint density at radius 2 is 2.11 bits per heavy atom. The van der Waals surface area contributed by atoms with E-state index in [4.69, 9.17) is 10.8 Å². The second-order valence-corrected chi connectivity index (χ2v) is 5.99. The molecule has 2 unspecified atom stereocenters. The first-order chi connectivity index (χ1) is 8.68. The van der Waals surface area contributed by atoms with Gasteiger partial charge >= 0.3 is 0 Å². The van der Waals surface area contributed by atoms with Crippen molar-refractivity contribution < 1.29 is 5.11 Å². The minimum absolute atomic E-state index is 0.256. The van der Waals surface area contributed by atoms with E-state index in [2.05, 4.69) is 18.7 Å². The molecule has 2 atom stereocenters. The summed E-state index contributed by atoms with van der Waals surface area (Å²) in [5.74, 6) is 0.814. The van der Waals surface area contributed by atoms with Crippen molar-refractivity contribution in [3.05, 3.63) is 0 Å². The Morgan fingerprint density at radius 3 is 2.67 bits per heavy atom. The van der Waals surface area contributed by atoms with Crippen LogP contribution in [0.15, 0.2) is 0 Å². The SMILES string of the molecule is CCN(CCCCCO)C1(CN)CCCC(C)C1. The molecule has 0 spiro atoms. The Morgan fingerprint density at radius 1 is 1.33 bits per heavy atom. The van der Waals surface area contributed by atoms with E-state index in [0.29, 0.717) is 6.61 Å². The fourth-order valence-corrected chi connectivity index (χ4v) is 3.56. The van der Waals surface area contributed by atoms with Crippen molar-refractivity contribution in [3.8, 4) is 0 Å². The van der Waals surface area contributed by atoms with E-state index in [9.17, 15) is 0 Å². The molecule has 0 saturated heterocycles. The van der Waals surface area contributed by atoms with Crippen molar-refractivity contribution in [2.75, 3.05) is 26.2 Å². The van der Waals surface area contributed by atoms with E-state index < -0.39 is 0 Å². The smallest absolute Gasteiger partial charge is 0.0431 e. The standard InChI is InChI=1S/C15H32N2O/c1-3-17(10-5-4-6-11-18)15(13-16)9-7-8-14(2)12-15/h14,18H,3-13,16H2,1-2H3. The second kappa shape index (κ2) is 8.13. The third kappa shape index (κ3) is 4.22. The number of aliphatic hydroxyl groups excluding tert-OH is 1. The predicted molar refractivity (Wildman–Crippen MR) is 77.6 cm³/mol. The largest absolute Gasteiger partial charge is 0.396 e. The first-order valence-electron chi connectivity index (χ1n) is 7.74. The summed E-state index contributed by atoms with van der Waals surface area (Å²) in [4.78, 5) is 2.61. The van der Waals surface area contributed by atoms with Crippen LogP contribution in [-0.2, 0) is 0 Å². The zero-order chi connectivity index (χ0) is 13.4. The van der Waals surface area contributed by atoms with Crippen LogP contribution in [0.1, 0.15) is 58.8 Å². The van der Waals surface area contributed by atoms with Gasteiger partial charge < -0.3 is 10.8 Å². The molecule has 0 aromatic rings. The van der Waals surface area contributed by atoms with Gasteiger partial charge in [-0.25, -0.2) is 0 Å². The van der Waals surface area contributed by atoms with Crippen molar-refractivity contribution in [1.29, 1.82) is 0 Å². The van der Waals surface area contributed by atoms with E-state index >= 15 is 0 Å². The minimum atomic E-state index is 0.256. The second-order valence-electron chi connectivity index (χ2n) is 5.99. The number of hydrogen-bond acceptors (Lipinski definition) is 3. The quantitative estimate of drug-likeness (QED) is 0.656. The number of unbranched alkanes of at least 4 members (excludes halogenated alkanes) is 2. The van der Waals surface area contributed by atoms with Gasteiger partial charge in [-0.2, -0.15) is 0 Å². The van der Waals surface area contributed by atoms with E-state index in [1.165, 1.54) is 32.1 Å². The van der Waals surface area contributed by atoms with Crippen molar-refractivity contribution in [3.63, 3.8) is 0 Å². The van der Waals surface area contributed by atoms with Crippen LogP contribution in [0.3, 0.4) is 0 Å². The third-order valence-corrected chi connectivity index (χ3v) is 4.59. The van der Waals surface area contributed by atoms with Crippen LogP contribution in [0, 0.1) is 5.92 Å². The van der Waals surface area contributed by atoms with Gasteiger partial charge in [0.05, 0.1) is 0 Å². The molecule has 1 fully saturated rings. The van der Waals surface area contributed by atoms with Crippen LogP contribution in [-0.4, -0.2) is 41.8 Å². The van der Waals surface area contributed by atoms with Gasteiger partial charge in [-0.05, 0) is 51.1 Å². The minimum Gasteiger partial charge on any atom is -0.396 e. The van der Waals surface area contributed by atoms with Gasteiger partial charge in [0, 0.05) is 18.7 Å². The molecule has 0 bridgehead atoms. The average molecular weight is 256 g/mol. The average Bonchev–Trinajstić information content (AvgIpc) is 2.38.